The van der Waals surface area contributed by atoms with Gasteiger partial charge in [-0.2, -0.15) is 0 Å². The van der Waals surface area contributed by atoms with Crippen LogP contribution in [0, 0.1) is 5.92 Å². The van der Waals surface area contributed by atoms with E-state index in [1.165, 1.54) is 0 Å². The van der Waals surface area contributed by atoms with Gasteiger partial charge in [-0.1, -0.05) is 20.3 Å². The Morgan fingerprint density at radius 3 is 2.65 bits per heavy atom. The molecule has 0 saturated carbocycles. The molecule has 1 unspecified atom stereocenters. The zero-order valence-corrected chi connectivity index (χ0v) is 10.7. The van der Waals surface area contributed by atoms with Gasteiger partial charge in [-0.25, -0.2) is 0 Å². The van der Waals surface area contributed by atoms with Crippen molar-refractivity contribution in [2.24, 2.45) is 5.92 Å². The topological polar surface area (TPSA) is 70.2 Å². The van der Waals surface area contributed by atoms with Crippen LogP contribution in [0.4, 0.5) is 0 Å². The van der Waals surface area contributed by atoms with E-state index in [1.54, 1.807) is 0 Å². The van der Waals surface area contributed by atoms with Crippen LogP contribution in [-0.2, 0) is 9.59 Å². The molecule has 17 heavy (non-hydrogen) atoms. The van der Waals surface area contributed by atoms with Crippen molar-refractivity contribution in [1.82, 2.24) is 16.0 Å². The molecule has 1 heterocycles. The lowest BCUT2D eigenvalue weighted by molar-refractivity contribution is -0.127. The molecular formula is C12H23N3O2. The molecule has 0 aromatic rings. The summed E-state index contributed by atoms with van der Waals surface area (Å²) in [7, 11) is 0. The first-order chi connectivity index (χ1) is 8.09. The molecular weight excluding hydrogens is 218 g/mol. The van der Waals surface area contributed by atoms with Crippen molar-refractivity contribution in [2.45, 2.75) is 39.2 Å². The number of nitrogens with one attached hydrogen (secondary N) is 3. The molecule has 1 fully saturated rings. The summed E-state index contributed by atoms with van der Waals surface area (Å²) in [4.78, 5) is 23.1. The standard InChI is InChI=1S/C12H23N3O2/c1-9(2)7-14-11(16)8-15-12(17)10-5-3-4-6-13-10/h9-10,13H,3-8H2,1-2H3,(H,14,16)(H,15,17). The van der Waals surface area contributed by atoms with E-state index in [9.17, 15) is 9.59 Å². The summed E-state index contributed by atoms with van der Waals surface area (Å²) in [5.74, 6) is 0.238. The third-order valence-electron chi connectivity index (χ3n) is 2.76. The second-order valence-corrected chi connectivity index (χ2v) is 4.92. The third kappa shape index (κ3) is 5.68. The number of carbonyl (C=O) groups excluding carboxylic acids is 2. The lowest BCUT2D eigenvalue weighted by Crippen LogP contribution is -2.49. The Balaban J connectivity index is 2.16. The summed E-state index contributed by atoms with van der Waals surface area (Å²) in [6.07, 6.45) is 3.06. The summed E-state index contributed by atoms with van der Waals surface area (Å²) >= 11 is 0. The Labute approximate surface area is 103 Å². The predicted molar refractivity (Wildman–Crippen MR) is 66.5 cm³/mol. The SMILES string of the molecule is CC(C)CNC(=O)CNC(=O)C1CCCCN1. The summed E-state index contributed by atoms with van der Waals surface area (Å²) in [5, 5.41) is 8.58. The minimum atomic E-state index is -0.123. The highest BCUT2D eigenvalue weighted by molar-refractivity contribution is 5.87. The average Bonchev–Trinajstić information content (AvgIpc) is 2.34. The Hall–Kier alpha value is -1.10. The van der Waals surface area contributed by atoms with Crippen molar-refractivity contribution in [2.75, 3.05) is 19.6 Å². The Bertz CT molecular complexity index is 260. The van der Waals surface area contributed by atoms with E-state index in [0.29, 0.717) is 12.5 Å². The average molecular weight is 241 g/mol. The van der Waals surface area contributed by atoms with Crippen LogP contribution in [0.3, 0.4) is 0 Å². The lowest BCUT2D eigenvalue weighted by Gasteiger charge is -2.22. The second kappa shape index (κ2) is 7.27. The van der Waals surface area contributed by atoms with Gasteiger partial charge in [-0.3, -0.25) is 9.59 Å². The molecule has 1 aliphatic heterocycles. The summed E-state index contributed by atoms with van der Waals surface area (Å²) < 4.78 is 0. The molecule has 0 aromatic heterocycles. The van der Waals surface area contributed by atoms with Crippen molar-refractivity contribution in [3.8, 4) is 0 Å². The first-order valence-electron chi connectivity index (χ1n) is 6.37. The molecule has 1 atom stereocenters. The van der Waals surface area contributed by atoms with E-state index in [1.807, 2.05) is 13.8 Å². The first kappa shape index (κ1) is 14.0. The molecule has 0 aromatic carbocycles. The molecule has 0 radical (unpaired) electrons. The molecule has 1 saturated heterocycles. The van der Waals surface area contributed by atoms with E-state index < -0.39 is 0 Å². The predicted octanol–water partition coefficient (Wildman–Crippen LogP) is 0.0169. The zero-order valence-electron chi connectivity index (χ0n) is 10.7. The molecule has 5 nitrogen and oxygen atoms in total. The number of hydrogen-bond donors (Lipinski definition) is 3. The highest BCUT2D eigenvalue weighted by Crippen LogP contribution is 2.06. The van der Waals surface area contributed by atoms with Crippen molar-refractivity contribution >= 4 is 11.8 Å². The van der Waals surface area contributed by atoms with Crippen LogP contribution in [-0.4, -0.2) is 37.5 Å². The molecule has 0 aliphatic carbocycles. The first-order valence-corrected chi connectivity index (χ1v) is 6.37. The van der Waals surface area contributed by atoms with Gasteiger partial charge >= 0.3 is 0 Å². The van der Waals surface area contributed by atoms with Crippen LogP contribution in [0.15, 0.2) is 0 Å². The van der Waals surface area contributed by atoms with Gasteiger partial charge in [0.1, 0.15) is 0 Å². The van der Waals surface area contributed by atoms with E-state index in [2.05, 4.69) is 16.0 Å². The molecule has 5 heteroatoms. The molecule has 0 spiro atoms. The molecule has 1 aliphatic rings. The lowest BCUT2D eigenvalue weighted by atomic mass is 10.0. The molecule has 2 amide bonds. The molecule has 3 N–H and O–H groups in total. The van der Waals surface area contributed by atoms with Crippen LogP contribution in [0.1, 0.15) is 33.1 Å². The van der Waals surface area contributed by atoms with Gasteiger partial charge in [-0.05, 0) is 25.3 Å². The normalized spacial score (nSPS) is 20.1. The van der Waals surface area contributed by atoms with Crippen LogP contribution in [0.2, 0.25) is 0 Å². The summed E-state index contributed by atoms with van der Waals surface area (Å²) in [6, 6.07) is -0.123. The fourth-order valence-corrected chi connectivity index (χ4v) is 1.75. The number of hydrogen-bond acceptors (Lipinski definition) is 3. The number of rotatable bonds is 5. The van der Waals surface area contributed by atoms with Crippen molar-refractivity contribution in [1.29, 1.82) is 0 Å². The van der Waals surface area contributed by atoms with Gasteiger partial charge < -0.3 is 16.0 Å². The van der Waals surface area contributed by atoms with Crippen molar-refractivity contribution < 1.29 is 9.59 Å². The van der Waals surface area contributed by atoms with Crippen LogP contribution < -0.4 is 16.0 Å². The van der Waals surface area contributed by atoms with Crippen molar-refractivity contribution in [3.63, 3.8) is 0 Å². The van der Waals surface area contributed by atoms with E-state index >= 15 is 0 Å². The van der Waals surface area contributed by atoms with Crippen LogP contribution >= 0.6 is 0 Å². The van der Waals surface area contributed by atoms with Gasteiger partial charge in [-0.15, -0.1) is 0 Å². The largest absolute Gasteiger partial charge is 0.354 e. The van der Waals surface area contributed by atoms with E-state index in [4.69, 9.17) is 0 Å². The molecule has 1 rings (SSSR count). The molecule has 0 bridgehead atoms. The summed E-state index contributed by atoms with van der Waals surface area (Å²) in [5.41, 5.74) is 0. The van der Waals surface area contributed by atoms with Gasteiger partial charge in [0.15, 0.2) is 0 Å². The van der Waals surface area contributed by atoms with Crippen LogP contribution in [0.5, 0.6) is 0 Å². The number of amides is 2. The van der Waals surface area contributed by atoms with E-state index in [-0.39, 0.29) is 24.4 Å². The second-order valence-electron chi connectivity index (χ2n) is 4.92. The minimum Gasteiger partial charge on any atom is -0.354 e. The van der Waals surface area contributed by atoms with Gasteiger partial charge in [0.05, 0.1) is 12.6 Å². The fraction of sp³-hybridized carbons (Fsp3) is 0.833. The van der Waals surface area contributed by atoms with Gasteiger partial charge in [0, 0.05) is 6.54 Å². The minimum absolute atomic E-state index is 0.0654. The zero-order chi connectivity index (χ0) is 12.7. The Morgan fingerprint density at radius 1 is 1.29 bits per heavy atom. The smallest absolute Gasteiger partial charge is 0.239 e. The Morgan fingerprint density at radius 2 is 2.06 bits per heavy atom. The monoisotopic (exact) mass is 241 g/mol. The maximum atomic E-state index is 11.7. The maximum Gasteiger partial charge on any atom is 0.239 e. The highest BCUT2D eigenvalue weighted by Gasteiger charge is 2.20. The molecule has 98 valence electrons. The Kier molecular flexibility index (Phi) is 5.97. The number of carbonyl (C=O) groups is 2. The van der Waals surface area contributed by atoms with Crippen LogP contribution in [0.25, 0.3) is 0 Å². The van der Waals surface area contributed by atoms with Crippen molar-refractivity contribution in [3.05, 3.63) is 0 Å². The third-order valence-corrected chi connectivity index (χ3v) is 2.76. The number of piperidine rings is 1. The van der Waals surface area contributed by atoms with Gasteiger partial charge in [0.25, 0.3) is 0 Å². The fourth-order valence-electron chi connectivity index (χ4n) is 1.75. The highest BCUT2D eigenvalue weighted by atomic mass is 16.2. The maximum absolute atomic E-state index is 11.7. The van der Waals surface area contributed by atoms with E-state index in [0.717, 1.165) is 25.8 Å². The summed E-state index contributed by atoms with van der Waals surface area (Å²) in [6.45, 7) is 5.67. The van der Waals surface area contributed by atoms with Gasteiger partial charge in [0.2, 0.25) is 11.8 Å². The quantitative estimate of drug-likeness (QED) is 0.635.